The van der Waals surface area contributed by atoms with Crippen molar-refractivity contribution in [1.82, 2.24) is 4.90 Å². The number of piperidine rings is 1. The summed E-state index contributed by atoms with van der Waals surface area (Å²) >= 11 is 0. The van der Waals surface area contributed by atoms with E-state index in [0.29, 0.717) is 12.3 Å². The fourth-order valence-electron chi connectivity index (χ4n) is 4.21. The Kier molecular flexibility index (Phi) is 5.33. The molecule has 2 aliphatic rings. The summed E-state index contributed by atoms with van der Waals surface area (Å²) in [6.07, 6.45) is 3.66. The van der Waals surface area contributed by atoms with Crippen LogP contribution in [-0.4, -0.2) is 36.5 Å². The Morgan fingerprint density at radius 2 is 1.89 bits per heavy atom. The van der Waals surface area contributed by atoms with Gasteiger partial charge < -0.3 is 15.1 Å². The van der Waals surface area contributed by atoms with Gasteiger partial charge in [0.05, 0.1) is 0 Å². The fourth-order valence-corrected chi connectivity index (χ4v) is 4.21. The molecule has 2 fully saturated rings. The first-order valence-corrected chi connectivity index (χ1v) is 10.1. The second-order valence-electron chi connectivity index (χ2n) is 7.83. The van der Waals surface area contributed by atoms with E-state index in [1.165, 1.54) is 11.1 Å². The number of urea groups is 1. The third-order valence-electron chi connectivity index (χ3n) is 5.73. The molecular formula is C23H27N3O2. The van der Waals surface area contributed by atoms with Crippen LogP contribution in [0.25, 0.3) is 0 Å². The summed E-state index contributed by atoms with van der Waals surface area (Å²) in [7, 11) is 0. The number of carbonyl (C=O) groups is 2. The molecule has 5 nitrogen and oxygen atoms in total. The number of nitrogens with one attached hydrogen (secondary N) is 1. The number of amides is 3. The number of nitrogens with zero attached hydrogens (tertiary/aromatic N) is 2. The number of carbonyl (C=O) groups excluding carboxylic acids is 2. The maximum Gasteiger partial charge on any atom is 0.321 e. The normalized spacial score (nSPS) is 19.8. The molecule has 2 aliphatic heterocycles. The molecular weight excluding hydrogens is 350 g/mol. The topological polar surface area (TPSA) is 52.7 Å². The van der Waals surface area contributed by atoms with E-state index in [9.17, 15) is 9.59 Å². The summed E-state index contributed by atoms with van der Waals surface area (Å²) in [6.45, 7) is 4.42. The largest absolute Gasteiger partial charge is 0.324 e. The van der Waals surface area contributed by atoms with Crippen molar-refractivity contribution in [3.8, 4) is 0 Å². The van der Waals surface area contributed by atoms with Crippen molar-refractivity contribution in [3.05, 3.63) is 59.7 Å². The second kappa shape index (κ2) is 8.05. The van der Waals surface area contributed by atoms with E-state index in [-0.39, 0.29) is 11.9 Å². The summed E-state index contributed by atoms with van der Waals surface area (Å²) in [4.78, 5) is 28.3. The lowest BCUT2D eigenvalue weighted by atomic mass is 9.90. The highest BCUT2D eigenvalue weighted by molar-refractivity contribution is 5.96. The third kappa shape index (κ3) is 4.03. The molecule has 0 unspecified atom stereocenters. The van der Waals surface area contributed by atoms with Crippen molar-refractivity contribution in [2.75, 3.05) is 29.9 Å². The molecule has 0 saturated carbocycles. The van der Waals surface area contributed by atoms with E-state index in [4.69, 9.17) is 0 Å². The Labute approximate surface area is 166 Å². The second-order valence-corrected chi connectivity index (χ2v) is 7.83. The summed E-state index contributed by atoms with van der Waals surface area (Å²) in [5, 5.41) is 3.01. The standard InChI is InChI=1S/C23H27N3O2/c1-17-5-2-6-18(15-17)19-7-3-13-25(16-19)23(28)24-20-9-11-21(12-10-20)26-14-4-8-22(26)27/h2,5-6,9-12,15,19H,3-4,7-8,13-14,16H2,1H3,(H,24,28)/t19-/m0/s1. The van der Waals surface area contributed by atoms with E-state index >= 15 is 0 Å². The highest BCUT2D eigenvalue weighted by Crippen LogP contribution is 2.28. The Bertz CT molecular complexity index is 862. The van der Waals surface area contributed by atoms with E-state index in [1.807, 2.05) is 34.1 Å². The minimum Gasteiger partial charge on any atom is -0.324 e. The monoisotopic (exact) mass is 377 g/mol. The van der Waals surface area contributed by atoms with Gasteiger partial charge in [-0.2, -0.15) is 0 Å². The molecule has 1 N–H and O–H groups in total. The number of rotatable bonds is 3. The minimum atomic E-state index is -0.0534. The van der Waals surface area contributed by atoms with Crippen molar-refractivity contribution < 1.29 is 9.59 Å². The van der Waals surface area contributed by atoms with Crippen LogP contribution >= 0.6 is 0 Å². The van der Waals surface area contributed by atoms with Crippen LogP contribution in [0.3, 0.4) is 0 Å². The molecule has 1 atom stereocenters. The first-order valence-electron chi connectivity index (χ1n) is 10.1. The molecule has 28 heavy (non-hydrogen) atoms. The Morgan fingerprint density at radius 3 is 2.61 bits per heavy atom. The maximum atomic E-state index is 12.8. The van der Waals surface area contributed by atoms with Crippen molar-refractivity contribution in [2.45, 2.75) is 38.5 Å². The number of hydrogen-bond acceptors (Lipinski definition) is 2. The Balaban J connectivity index is 1.38. The van der Waals surface area contributed by atoms with Gasteiger partial charge in [0.25, 0.3) is 0 Å². The van der Waals surface area contributed by atoms with Gasteiger partial charge in [-0.1, -0.05) is 29.8 Å². The first kappa shape index (κ1) is 18.5. The van der Waals surface area contributed by atoms with Gasteiger partial charge >= 0.3 is 6.03 Å². The van der Waals surface area contributed by atoms with Gasteiger partial charge in [0.1, 0.15) is 0 Å². The minimum absolute atomic E-state index is 0.0534. The van der Waals surface area contributed by atoms with Crippen LogP contribution in [0, 0.1) is 6.92 Å². The smallest absolute Gasteiger partial charge is 0.321 e. The maximum absolute atomic E-state index is 12.8. The average Bonchev–Trinajstić information content (AvgIpc) is 3.14. The molecule has 3 amide bonds. The highest BCUT2D eigenvalue weighted by atomic mass is 16.2. The van der Waals surface area contributed by atoms with Crippen LogP contribution in [0.5, 0.6) is 0 Å². The van der Waals surface area contributed by atoms with E-state index < -0.39 is 0 Å². The van der Waals surface area contributed by atoms with Gasteiger partial charge in [0.2, 0.25) is 5.91 Å². The summed E-state index contributed by atoms with van der Waals surface area (Å²) < 4.78 is 0. The molecule has 146 valence electrons. The van der Waals surface area contributed by atoms with Gasteiger partial charge in [0, 0.05) is 43.3 Å². The van der Waals surface area contributed by atoms with Crippen LogP contribution < -0.4 is 10.2 Å². The zero-order valence-corrected chi connectivity index (χ0v) is 16.4. The number of benzene rings is 2. The molecule has 0 spiro atoms. The van der Waals surface area contributed by atoms with Crippen molar-refractivity contribution in [1.29, 1.82) is 0 Å². The van der Waals surface area contributed by atoms with Gasteiger partial charge in [-0.05, 0) is 56.0 Å². The number of likely N-dealkylation sites (tertiary alicyclic amines) is 1. The first-order chi connectivity index (χ1) is 13.6. The molecule has 2 aromatic carbocycles. The lowest BCUT2D eigenvalue weighted by Crippen LogP contribution is -2.41. The SMILES string of the molecule is Cc1cccc([C@H]2CCCN(C(=O)Nc3ccc(N4CCCC4=O)cc3)C2)c1. The van der Waals surface area contributed by atoms with Gasteiger partial charge in [-0.15, -0.1) is 0 Å². The molecule has 2 saturated heterocycles. The number of aryl methyl sites for hydroxylation is 1. The molecule has 0 radical (unpaired) electrons. The quantitative estimate of drug-likeness (QED) is 0.854. The third-order valence-corrected chi connectivity index (χ3v) is 5.73. The molecule has 0 aromatic heterocycles. The van der Waals surface area contributed by atoms with Crippen LogP contribution in [0.4, 0.5) is 16.2 Å². The average molecular weight is 377 g/mol. The predicted octanol–water partition coefficient (Wildman–Crippen LogP) is 4.53. The van der Waals surface area contributed by atoms with E-state index in [1.54, 1.807) is 0 Å². The lowest BCUT2D eigenvalue weighted by molar-refractivity contribution is -0.117. The zero-order chi connectivity index (χ0) is 19.5. The molecule has 4 rings (SSSR count). The molecule has 0 aliphatic carbocycles. The van der Waals surface area contributed by atoms with Gasteiger partial charge in [0.15, 0.2) is 0 Å². The number of hydrogen-bond donors (Lipinski definition) is 1. The van der Waals surface area contributed by atoms with Gasteiger partial charge in [-0.3, -0.25) is 4.79 Å². The van der Waals surface area contributed by atoms with Crippen molar-refractivity contribution in [3.63, 3.8) is 0 Å². The van der Waals surface area contributed by atoms with Crippen LogP contribution in [0.1, 0.15) is 42.7 Å². The zero-order valence-electron chi connectivity index (χ0n) is 16.4. The Morgan fingerprint density at radius 1 is 1.07 bits per heavy atom. The summed E-state index contributed by atoms with van der Waals surface area (Å²) in [6, 6.07) is 16.1. The lowest BCUT2D eigenvalue weighted by Gasteiger charge is -2.33. The molecule has 2 aromatic rings. The Hall–Kier alpha value is -2.82. The predicted molar refractivity (Wildman–Crippen MR) is 112 cm³/mol. The van der Waals surface area contributed by atoms with E-state index in [0.717, 1.165) is 50.3 Å². The van der Waals surface area contributed by atoms with Crippen LogP contribution in [-0.2, 0) is 4.79 Å². The van der Waals surface area contributed by atoms with Crippen LogP contribution in [0.15, 0.2) is 48.5 Å². The fraction of sp³-hybridized carbons (Fsp3) is 0.391. The molecule has 0 bridgehead atoms. The van der Waals surface area contributed by atoms with Crippen molar-refractivity contribution in [2.24, 2.45) is 0 Å². The molecule has 5 heteroatoms. The van der Waals surface area contributed by atoms with E-state index in [2.05, 4.69) is 36.5 Å². The summed E-state index contributed by atoms with van der Waals surface area (Å²) in [5.41, 5.74) is 4.24. The van der Waals surface area contributed by atoms with Crippen LogP contribution in [0.2, 0.25) is 0 Å². The van der Waals surface area contributed by atoms with Crippen molar-refractivity contribution >= 4 is 23.3 Å². The summed E-state index contributed by atoms with van der Waals surface area (Å²) in [5.74, 6) is 0.565. The highest BCUT2D eigenvalue weighted by Gasteiger charge is 2.25. The molecule has 2 heterocycles. The number of anilines is 2. The van der Waals surface area contributed by atoms with Gasteiger partial charge in [-0.25, -0.2) is 4.79 Å².